The second kappa shape index (κ2) is 4.72. The first kappa shape index (κ1) is 11.6. The Kier molecular flexibility index (Phi) is 2.74. The molecule has 6 heteroatoms. The zero-order valence-electron chi connectivity index (χ0n) is 10.7. The van der Waals surface area contributed by atoms with E-state index in [0.717, 1.165) is 27.2 Å². The van der Waals surface area contributed by atoms with E-state index in [1.807, 2.05) is 12.3 Å². The van der Waals surface area contributed by atoms with Crippen LogP contribution in [0.2, 0.25) is 0 Å². The van der Waals surface area contributed by atoms with Crippen LogP contribution >= 0.6 is 11.3 Å². The number of fused-ring (bicyclic) bond motifs is 1. The number of anilines is 1. The van der Waals surface area contributed by atoms with Gasteiger partial charge in [0.1, 0.15) is 12.1 Å². The van der Waals surface area contributed by atoms with E-state index in [2.05, 4.69) is 36.9 Å². The monoisotopic (exact) mass is 283 g/mol. The zero-order chi connectivity index (χ0) is 13.4. The van der Waals surface area contributed by atoms with Gasteiger partial charge in [-0.2, -0.15) is 5.10 Å². The Labute approximate surface area is 119 Å². The first-order valence-corrected chi connectivity index (χ1v) is 7.44. The lowest BCUT2D eigenvalue weighted by molar-refractivity contribution is 1.09. The number of nitrogens with zero attached hydrogens (tertiary/aromatic N) is 3. The summed E-state index contributed by atoms with van der Waals surface area (Å²) < 4.78 is 1.13. The molecule has 0 aromatic carbocycles. The maximum atomic E-state index is 4.41. The van der Waals surface area contributed by atoms with Crippen LogP contribution in [0.5, 0.6) is 0 Å². The van der Waals surface area contributed by atoms with Gasteiger partial charge in [-0.1, -0.05) is 12.2 Å². The summed E-state index contributed by atoms with van der Waals surface area (Å²) in [5.41, 5.74) is 3.18. The van der Waals surface area contributed by atoms with Crippen LogP contribution in [0.15, 0.2) is 24.1 Å². The van der Waals surface area contributed by atoms with Crippen molar-refractivity contribution in [2.24, 2.45) is 0 Å². The molecule has 1 aliphatic carbocycles. The van der Waals surface area contributed by atoms with Crippen molar-refractivity contribution in [2.45, 2.75) is 18.9 Å². The van der Waals surface area contributed by atoms with Gasteiger partial charge in [0.15, 0.2) is 0 Å². The van der Waals surface area contributed by atoms with Gasteiger partial charge in [0, 0.05) is 28.7 Å². The molecule has 5 nitrogen and oxygen atoms in total. The Morgan fingerprint density at radius 3 is 3.05 bits per heavy atom. The number of nitrogens with one attached hydrogen (secondary N) is 2. The molecule has 0 saturated heterocycles. The summed E-state index contributed by atoms with van der Waals surface area (Å²) in [7, 11) is 0. The molecule has 0 spiro atoms. The van der Waals surface area contributed by atoms with Gasteiger partial charge < -0.3 is 5.32 Å². The van der Waals surface area contributed by atoms with Gasteiger partial charge in [0.25, 0.3) is 0 Å². The van der Waals surface area contributed by atoms with Crippen molar-refractivity contribution in [3.8, 4) is 0 Å². The summed E-state index contributed by atoms with van der Waals surface area (Å²) in [5.74, 6) is 0.963. The summed E-state index contributed by atoms with van der Waals surface area (Å²) >= 11 is 1.69. The molecule has 1 saturated carbocycles. The molecule has 1 aliphatic rings. The SMILES string of the molecule is C(=C\c1csc2c(NC3CC3)ncnc12)/c1cn[nH]c1. The molecule has 100 valence electrons. The second-order valence-corrected chi connectivity index (χ2v) is 5.75. The second-order valence-electron chi connectivity index (χ2n) is 4.87. The summed E-state index contributed by atoms with van der Waals surface area (Å²) in [6.07, 6.45) is 11.9. The molecule has 3 aromatic rings. The summed E-state index contributed by atoms with van der Waals surface area (Å²) in [6.45, 7) is 0. The lowest BCUT2D eigenvalue weighted by Gasteiger charge is -2.03. The number of aromatic amines is 1. The minimum absolute atomic E-state index is 0.597. The van der Waals surface area contributed by atoms with Crippen LogP contribution in [0, 0.1) is 0 Å². The normalized spacial score (nSPS) is 15.2. The van der Waals surface area contributed by atoms with E-state index in [4.69, 9.17) is 0 Å². The van der Waals surface area contributed by atoms with Crippen molar-refractivity contribution < 1.29 is 0 Å². The average molecular weight is 283 g/mol. The minimum atomic E-state index is 0.597. The van der Waals surface area contributed by atoms with E-state index in [1.54, 1.807) is 23.9 Å². The molecular weight excluding hydrogens is 270 g/mol. The first-order chi connectivity index (χ1) is 9.90. The van der Waals surface area contributed by atoms with E-state index in [0.29, 0.717) is 6.04 Å². The Morgan fingerprint density at radius 1 is 1.30 bits per heavy atom. The fourth-order valence-corrected chi connectivity index (χ4v) is 2.99. The number of hydrogen-bond acceptors (Lipinski definition) is 5. The molecule has 0 atom stereocenters. The number of H-pyrrole nitrogens is 1. The van der Waals surface area contributed by atoms with E-state index in [1.165, 1.54) is 12.8 Å². The van der Waals surface area contributed by atoms with Gasteiger partial charge in [0.2, 0.25) is 0 Å². The van der Waals surface area contributed by atoms with Crippen molar-refractivity contribution in [3.05, 3.63) is 35.2 Å². The summed E-state index contributed by atoms with van der Waals surface area (Å²) in [4.78, 5) is 8.77. The van der Waals surface area contributed by atoms with Gasteiger partial charge in [-0.05, 0) is 12.8 Å². The molecule has 0 radical (unpaired) electrons. The summed E-state index contributed by atoms with van der Waals surface area (Å²) in [6, 6.07) is 0.597. The number of aromatic nitrogens is 4. The highest BCUT2D eigenvalue weighted by Crippen LogP contribution is 2.33. The maximum absolute atomic E-state index is 4.41. The molecule has 4 rings (SSSR count). The number of hydrogen-bond donors (Lipinski definition) is 2. The fraction of sp³-hybridized carbons (Fsp3) is 0.214. The Bertz CT molecular complexity index is 755. The molecular formula is C14H13N5S. The molecule has 2 N–H and O–H groups in total. The lowest BCUT2D eigenvalue weighted by Crippen LogP contribution is -2.03. The Morgan fingerprint density at radius 2 is 2.25 bits per heavy atom. The van der Waals surface area contributed by atoms with E-state index < -0.39 is 0 Å². The predicted octanol–water partition coefficient (Wildman–Crippen LogP) is 3.16. The van der Waals surface area contributed by atoms with Crippen LogP contribution in [0.3, 0.4) is 0 Å². The third-order valence-corrected chi connectivity index (χ3v) is 4.27. The molecule has 0 amide bonds. The smallest absolute Gasteiger partial charge is 0.147 e. The average Bonchev–Trinajstić information content (AvgIpc) is 2.98. The standard InChI is InChI=1S/C14H13N5S/c1(9-5-17-18-6-9)2-10-7-20-13-12(10)15-8-16-14(13)19-11-3-4-11/h1-2,5-8,11H,3-4H2,(H,17,18)(H,15,16,19)/b2-1+. The van der Waals surface area contributed by atoms with Crippen molar-refractivity contribution in [1.82, 2.24) is 20.2 Å². The zero-order valence-corrected chi connectivity index (χ0v) is 11.5. The van der Waals surface area contributed by atoms with Gasteiger partial charge in [-0.15, -0.1) is 11.3 Å². The van der Waals surface area contributed by atoms with Gasteiger partial charge in [-0.25, -0.2) is 9.97 Å². The molecule has 20 heavy (non-hydrogen) atoms. The number of rotatable bonds is 4. The van der Waals surface area contributed by atoms with Gasteiger partial charge in [0.05, 0.1) is 16.4 Å². The van der Waals surface area contributed by atoms with Crippen LogP contribution in [-0.4, -0.2) is 26.2 Å². The van der Waals surface area contributed by atoms with Crippen LogP contribution < -0.4 is 5.32 Å². The predicted molar refractivity (Wildman–Crippen MR) is 81.6 cm³/mol. The highest BCUT2D eigenvalue weighted by molar-refractivity contribution is 7.18. The van der Waals surface area contributed by atoms with Crippen molar-refractivity contribution >= 4 is 39.5 Å². The van der Waals surface area contributed by atoms with E-state index in [9.17, 15) is 0 Å². The van der Waals surface area contributed by atoms with Crippen LogP contribution in [0.25, 0.3) is 22.4 Å². The highest BCUT2D eigenvalue weighted by Gasteiger charge is 2.22. The van der Waals surface area contributed by atoms with Gasteiger partial charge >= 0.3 is 0 Å². The molecule has 3 heterocycles. The minimum Gasteiger partial charge on any atom is -0.366 e. The third-order valence-electron chi connectivity index (χ3n) is 3.27. The van der Waals surface area contributed by atoms with Crippen LogP contribution in [0.1, 0.15) is 24.0 Å². The molecule has 3 aromatic heterocycles. The topological polar surface area (TPSA) is 66.5 Å². The Balaban J connectivity index is 1.70. The maximum Gasteiger partial charge on any atom is 0.147 e. The molecule has 0 aliphatic heterocycles. The van der Waals surface area contributed by atoms with Crippen molar-refractivity contribution in [2.75, 3.05) is 5.32 Å². The molecule has 0 bridgehead atoms. The van der Waals surface area contributed by atoms with E-state index >= 15 is 0 Å². The largest absolute Gasteiger partial charge is 0.366 e. The molecule has 0 unspecified atom stereocenters. The van der Waals surface area contributed by atoms with Crippen LogP contribution in [0.4, 0.5) is 5.82 Å². The quantitative estimate of drug-likeness (QED) is 0.772. The Hall–Kier alpha value is -2.21. The highest BCUT2D eigenvalue weighted by atomic mass is 32.1. The van der Waals surface area contributed by atoms with Crippen molar-refractivity contribution in [3.63, 3.8) is 0 Å². The molecule has 1 fully saturated rings. The van der Waals surface area contributed by atoms with Gasteiger partial charge in [-0.3, -0.25) is 5.10 Å². The third kappa shape index (κ3) is 2.18. The number of thiophene rings is 1. The lowest BCUT2D eigenvalue weighted by atomic mass is 10.2. The first-order valence-electron chi connectivity index (χ1n) is 6.56. The van der Waals surface area contributed by atoms with Crippen LogP contribution in [-0.2, 0) is 0 Å². The van der Waals surface area contributed by atoms with E-state index in [-0.39, 0.29) is 0 Å². The van der Waals surface area contributed by atoms with Crippen molar-refractivity contribution in [1.29, 1.82) is 0 Å². The summed E-state index contributed by atoms with van der Waals surface area (Å²) in [5, 5.41) is 12.3. The fourth-order valence-electron chi connectivity index (χ4n) is 2.05.